The Labute approximate surface area is 170 Å². The largest absolute Gasteiger partial charge is 0.573 e. The van der Waals surface area contributed by atoms with E-state index in [1.54, 1.807) is 16.8 Å². The van der Waals surface area contributed by atoms with Crippen molar-refractivity contribution >= 4 is 17.0 Å². The van der Waals surface area contributed by atoms with E-state index in [1.807, 2.05) is 6.07 Å². The summed E-state index contributed by atoms with van der Waals surface area (Å²) in [4.78, 5) is 6.36. The van der Waals surface area contributed by atoms with Crippen molar-refractivity contribution in [1.82, 2.24) is 19.5 Å². The van der Waals surface area contributed by atoms with Gasteiger partial charge in [0.1, 0.15) is 17.6 Å². The number of hydrogen-bond acceptors (Lipinski definition) is 7. The minimum atomic E-state index is -4.77. The van der Waals surface area contributed by atoms with Gasteiger partial charge in [-0.3, -0.25) is 4.90 Å². The number of ether oxygens (including phenoxy) is 1. The number of anilines is 2. The molecule has 1 fully saturated rings. The number of benzene rings is 1. The van der Waals surface area contributed by atoms with E-state index >= 15 is 0 Å². The van der Waals surface area contributed by atoms with Gasteiger partial charge in [-0.25, -0.2) is 9.50 Å². The minimum absolute atomic E-state index is 0.223. The molecule has 1 aromatic carbocycles. The summed E-state index contributed by atoms with van der Waals surface area (Å²) in [6.07, 6.45) is -1.51. The number of nitrogens with one attached hydrogen (secondary N) is 1. The van der Waals surface area contributed by atoms with Crippen LogP contribution in [0.15, 0.2) is 42.9 Å². The number of hydrogen-bond donors (Lipinski definition) is 3. The Morgan fingerprint density at radius 1 is 1.30 bits per heavy atom. The molecule has 0 saturated carbocycles. The summed E-state index contributed by atoms with van der Waals surface area (Å²) in [6.45, 7) is 1.77. The van der Waals surface area contributed by atoms with Crippen LogP contribution in [0.1, 0.15) is 12.0 Å². The molecule has 1 aliphatic rings. The zero-order valence-electron chi connectivity index (χ0n) is 15.9. The highest BCUT2D eigenvalue weighted by molar-refractivity contribution is 5.76. The Kier molecular flexibility index (Phi) is 5.50. The fraction of sp³-hybridized carbons (Fsp3) is 0.368. The lowest BCUT2D eigenvalue weighted by molar-refractivity contribution is -0.274. The van der Waals surface area contributed by atoms with Crippen LogP contribution in [-0.2, 0) is 6.54 Å². The van der Waals surface area contributed by atoms with Crippen LogP contribution >= 0.6 is 0 Å². The molecule has 0 radical (unpaired) electrons. The minimum Gasteiger partial charge on any atom is -0.406 e. The lowest BCUT2D eigenvalue weighted by Crippen LogP contribution is -2.50. The summed E-state index contributed by atoms with van der Waals surface area (Å²) in [6, 6.07) is 7.23. The van der Waals surface area contributed by atoms with Crippen molar-refractivity contribution in [2.45, 2.75) is 31.5 Å². The lowest BCUT2D eigenvalue weighted by atomic mass is 10.0. The molecule has 3 heterocycles. The molecule has 30 heavy (non-hydrogen) atoms. The molecule has 2 aromatic heterocycles. The second-order valence-corrected chi connectivity index (χ2v) is 7.20. The van der Waals surface area contributed by atoms with Gasteiger partial charge in [0, 0.05) is 43.6 Å². The molecular formula is C19H21F3N6O2. The fourth-order valence-corrected chi connectivity index (χ4v) is 3.54. The van der Waals surface area contributed by atoms with Crippen molar-refractivity contribution in [1.29, 1.82) is 0 Å². The molecule has 8 nitrogen and oxygen atoms in total. The number of halogens is 3. The number of likely N-dealkylation sites (tertiary alicyclic amines) is 1. The summed E-state index contributed by atoms with van der Waals surface area (Å²) >= 11 is 0. The average molecular weight is 422 g/mol. The van der Waals surface area contributed by atoms with Gasteiger partial charge in [0.2, 0.25) is 0 Å². The third-order valence-electron chi connectivity index (χ3n) is 4.98. The first-order valence-electron chi connectivity index (χ1n) is 9.38. The highest BCUT2D eigenvalue weighted by Gasteiger charge is 2.31. The summed E-state index contributed by atoms with van der Waals surface area (Å²) in [5, 5.41) is 17.3. The zero-order chi connectivity index (χ0) is 21.3. The van der Waals surface area contributed by atoms with Gasteiger partial charge in [-0.1, -0.05) is 6.07 Å². The van der Waals surface area contributed by atoms with Crippen molar-refractivity contribution < 1.29 is 23.0 Å². The lowest BCUT2D eigenvalue weighted by Gasteiger charge is -2.33. The van der Waals surface area contributed by atoms with Crippen molar-refractivity contribution in [3.05, 3.63) is 48.4 Å². The molecule has 0 amide bonds. The van der Waals surface area contributed by atoms with Gasteiger partial charge >= 0.3 is 6.36 Å². The van der Waals surface area contributed by atoms with Crippen LogP contribution in [0.3, 0.4) is 0 Å². The maximum absolute atomic E-state index is 12.5. The Morgan fingerprint density at radius 2 is 2.13 bits per heavy atom. The molecule has 0 bridgehead atoms. The summed E-state index contributed by atoms with van der Waals surface area (Å²) < 4.78 is 43.1. The van der Waals surface area contributed by atoms with Gasteiger partial charge < -0.3 is 20.9 Å². The van der Waals surface area contributed by atoms with Gasteiger partial charge in [-0.2, -0.15) is 5.10 Å². The second kappa shape index (κ2) is 8.09. The Balaban J connectivity index is 1.58. The Bertz CT molecular complexity index is 1020. The van der Waals surface area contributed by atoms with Crippen LogP contribution in [0.2, 0.25) is 0 Å². The summed E-state index contributed by atoms with van der Waals surface area (Å²) in [5.41, 5.74) is 7.88. The number of piperidine rings is 1. The number of aliphatic hydroxyl groups excluding tert-OH is 1. The number of aromatic nitrogens is 3. The highest BCUT2D eigenvalue weighted by atomic mass is 19.4. The monoisotopic (exact) mass is 422 g/mol. The maximum atomic E-state index is 12.5. The zero-order valence-corrected chi connectivity index (χ0v) is 15.9. The summed E-state index contributed by atoms with van der Waals surface area (Å²) in [7, 11) is 0. The number of alkyl halides is 3. The number of rotatable bonds is 5. The molecule has 2 atom stereocenters. The topological polar surface area (TPSA) is 101 Å². The number of fused-ring (bicyclic) bond motifs is 1. The first-order valence-corrected chi connectivity index (χ1v) is 9.38. The quantitative estimate of drug-likeness (QED) is 0.580. The molecule has 0 spiro atoms. The van der Waals surface area contributed by atoms with Crippen LogP contribution in [0.4, 0.5) is 24.7 Å². The third-order valence-corrected chi connectivity index (χ3v) is 4.98. The molecule has 4 rings (SSSR count). The van der Waals surface area contributed by atoms with Gasteiger partial charge in [0.15, 0.2) is 5.82 Å². The Morgan fingerprint density at radius 3 is 2.90 bits per heavy atom. The van der Waals surface area contributed by atoms with Crippen molar-refractivity contribution in [2.75, 3.05) is 18.4 Å². The van der Waals surface area contributed by atoms with Crippen molar-refractivity contribution in [2.24, 2.45) is 5.73 Å². The SMILES string of the molecule is N[C@@H]1CCN(Cc2ccn3ncnc(Nc4cccc(OC(F)(F)F)c4)c23)C[C@H]1O. The van der Waals surface area contributed by atoms with E-state index < -0.39 is 12.5 Å². The fourth-order valence-electron chi connectivity index (χ4n) is 3.54. The van der Waals surface area contributed by atoms with Crippen LogP contribution in [0.25, 0.3) is 5.52 Å². The molecule has 1 aliphatic heterocycles. The van der Waals surface area contributed by atoms with Crippen LogP contribution in [0, 0.1) is 0 Å². The van der Waals surface area contributed by atoms with Gasteiger partial charge in [-0.15, -0.1) is 13.2 Å². The molecule has 4 N–H and O–H groups in total. The summed E-state index contributed by atoms with van der Waals surface area (Å²) in [5.74, 6) is 0.121. The standard InChI is InChI=1S/C19H21F3N6O2/c20-19(21,22)30-14-3-1-2-13(8-14)26-18-17-12(4-7-28(17)25-11-24-18)9-27-6-5-15(23)16(29)10-27/h1-4,7-8,11,15-16,29H,5-6,9-10,23H2,(H,24,25,26)/t15-,16-/m1/s1. The maximum Gasteiger partial charge on any atom is 0.573 e. The van der Waals surface area contributed by atoms with Crippen LogP contribution < -0.4 is 15.8 Å². The predicted octanol–water partition coefficient (Wildman–Crippen LogP) is 2.27. The number of nitrogens with two attached hydrogens (primary N) is 1. The Hall–Kier alpha value is -2.89. The van der Waals surface area contributed by atoms with Crippen molar-refractivity contribution in [3.63, 3.8) is 0 Å². The highest BCUT2D eigenvalue weighted by Crippen LogP contribution is 2.28. The van der Waals surface area contributed by atoms with E-state index in [0.717, 1.165) is 12.1 Å². The second-order valence-electron chi connectivity index (χ2n) is 7.20. The molecular weight excluding hydrogens is 401 g/mol. The van der Waals surface area contributed by atoms with Crippen molar-refractivity contribution in [3.8, 4) is 5.75 Å². The smallest absolute Gasteiger partial charge is 0.406 e. The average Bonchev–Trinajstić information content (AvgIpc) is 3.08. The molecule has 160 valence electrons. The first kappa shape index (κ1) is 20.4. The molecule has 11 heteroatoms. The number of β-amino-alcohol motifs (C(OH)–C–C–N with tert-alkyl or cyclic N) is 1. The molecule has 0 unspecified atom stereocenters. The molecule has 1 saturated heterocycles. The van der Waals surface area contributed by atoms with E-state index in [4.69, 9.17) is 5.73 Å². The van der Waals surface area contributed by atoms with E-state index in [0.29, 0.717) is 36.5 Å². The normalized spacial score (nSPS) is 20.4. The van der Waals surface area contributed by atoms with Gasteiger partial charge in [-0.05, 0) is 30.2 Å². The van der Waals surface area contributed by atoms with Crippen LogP contribution in [-0.4, -0.2) is 56.2 Å². The van der Waals surface area contributed by atoms with E-state index in [9.17, 15) is 18.3 Å². The molecule has 3 aromatic rings. The van der Waals surface area contributed by atoms with Crippen LogP contribution in [0.5, 0.6) is 5.75 Å². The third kappa shape index (κ3) is 4.64. The predicted molar refractivity (Wildman–Crippen MR) is 103 cm³/mol. The van der Waals surface area contributed by atoms with Gasteiger partial charge in [0.05, 0.1) is 6.10 Å². The van der Waals surface area contributed by atoms with Gasteiger partial charge in [0.25, 0.3) is 0 Å². The molecule has 0 aliphatic carbocycles. The number of aliphatic hydroxyl groups is 1. The van der Waals surface area contributed by atoms with E-state index in [2.05, 4.69) is 25.0 Å². The first-order chi connectivity index (χ1) is 14.3. The van der Waals surface area contributed by atoms with E-state index in [1.165, 1.54) is 24.5 Å². The van der Waals surface area contributed by atoms with E-state index in [-0.39, 0.29) is 11.8 Å². The number of nitrogens with zero attached hydrogens (tertiary/aromatic N) is 4.